The molecule has 10 aromatic carbocycles. The van der Waals surface area contributed by atoms with Crippen molar-refractivity contribution in [1.29, 1.82) is 0 Å². The van der Waals surface area contributed by atoms with E-state index in [9.17, 15) is 0 Å². The number of hydrogen-bond donors (Lipinski definition) is 0. The molecule has 6 heteroatoms. The monoisotopic (exact) mass is 1090 g/mol. The van der Waals surface area contributed by atoms with Crippen LogP contribution in [0.15, 0.2) is 268 Å². The first-order valence-electron chi connectivity index (χ1n) is 29.3. The molecule has 16 rings (SSSR count). The molecule has 0 saturated carbocycles. The Balaban J connectivity index is 0.00000118. The fourth-order valence-electron chi connectivity index (χ4n) is 14.0. The molecule has 4 heterocycles. The van der Waals surface area contributed by atoms with Gasteiger partial charge in [0.15, 0.2) is 17.5 Å². The molecular formula is C79H60N6. The van der Waals surface area contributed by atoms with Crippen LogP contribution in [0.2, 0.25) is 0 Å². The zero-order chi connectivity index (χ0) is 57.6. The lowest BCUT2D eigenvalue weighted by atomic mass is 9.80. The number of allylic oxidation sites excluding steroid dienone is 3. The van der Waals surface area contributed by atoms with Crippen LogP contribution in [0, 0.1) is 0 Å². The van der Waals surface area contributed by atoms with Gasteiger partial charge in [-0.25, -0.2) is 15.0 Å². The van der Waals surface area contributed by atoms with Gasteiger partial charge < -0.3 is 9.13 Å². The van der Waals surface area contributed by atoms with Crippen LogP contribution in [0.1, 0.15) is 56.9 Å². The highest BCUT2D eigenvalue weighted by Gasteiger charge is 2.40. The van der Waals surface area contributed by atoms with Crippen LogP contribution in [0.3, 0.4) is 0 Å². The largest absolute Gasteiger partial charge is 0.309 e. The van der Waals surface area contributed by atoms with E-state index in [2.05, 4.69) is 243 Å². The van der Waals surface area contributed by atoms with Crippen molar-refractivity contribution >= 4 is 43.6 Å². The first-order valence-corrected chi connectivity index (χ1v) is 29.3. The fourth-order valence-corrected chi connectivity index (χ4v) is 14.0. The first-order chi connectivity index (χ1) is 41.6. The van der Waals surface area contributed by atoms with Crippen LogP contribution in [-0.4, -0.2) is 29.1 Å². The van der Waals surface area contributed by atoms with Gasteiger partial charge in [-0.15, -0.1) is 0 Å². The molecule has 2 aliphatic carbocycles. The van der Waals surface area contributed by atoms with Crippen molar-refractivity contribution in [3.63, 3.8) is 0 Å². The minimum Gasteiger partial charge on any atom is -0.309 e. The van der Waals surface area contributed by atoms with Gasteiger partial charge in [-0.2, -0.15) is 0 Å². The second-order valence-electron chi connectivity index (χ2n) is 23.3. The van der Waals surface area contributed by atoms with Gasteiger partial charge in [0.25, 0.3) is 0 Å². The Kier molecular flexibility index (Phi) is 12.1. The van der Waals surface area contributed by atoms with E-state index in [0.717, 1.165) is 72.4 Å². The lowest BCUT2D eigenvalue weighted by molar-refractivity contribution is 0.666. The van der Waals surface area contributed by atoms with E-state index >= 15 is 0 Å². The summed E-state index contributed by atoms with van der Waals surface area (Å²) < 4.78 is 4.99. The minimum atomic E-state index is -0.234. The molecule has 14 aromatic rings. The van der Waals surface area contributed by atoms with Crippen LogP contribution in [0.25, 0.3) is 134 Å². The zero-order valence-electron chi connectivity index (χ0n) is 48.2. The maximum atomic E-state index is 5.46. The van der Waals surface area contributed by atoms with Crippen molar-refractivity contribution in [2.24, 2.45) is 0 Å². The zero-order valence-corrected chi connectivity index (χ0v) is 48.2. The van der Waals surface area contributed by atoms with Crippen molar-refractivity contribution in [3.05, 3.63) is 290 Å². The summed E-state index contributed by atoms with van der Waals surface area (Å²) in [6, 6.07) is 83.8. The van der Waals surface area contributed by atoms with Crippen molar-refractivity contribution in [3.8, 4) is 90.0 Å². The number of para-hydroxylation sites is 2. The quantitative estimate of drug-likeness (QED) is 0.142. The third-order valence-electron chi connectivity index (χ3n) is 17.8. The number of hydrogen-bond acceptors (Lipinski definition) is 4. The summed E-state index contributed by atoms with van der Waals surface area (Å²) >= 11 is 0. The van der Waals surface area contributed by atoms with E-state index in [0.29, 0.717) is 17.5 Å². The Labute approximate surface area is 495 Å². The molecule has 0 spiro atoms. The van der Waals surface area contributed by atoms with Crippen LogP contribution in [-0.2, 0) is 10.8 Å². The van der Waals surface area contributed by atoms with E-state index in [1.165, 1.54) is 66.1 Å². The summed E-state index contributed by atoms with van der Waals surface area (Å²) in [4.78, 5) is 20.6. The van der Waals surface area contributed by atoms with E-state index in [1.54, 1.807) is 6.08 Å². The molecule has 0 N–H and O–H groups in total. The topological polar surface area (TPSA) is 61.4 Å². The number of benzene rings is 10. The van der Waals surface area contributed by atoms with Crippen molar-refractivity contribution in [2.75, 3.05) is 0 Å². The third kappa shape index (κ3) is 8.08. The second kappa shape index (κ2) is 20.1. The summed E-state index contributed by atoms with van der Waals surface area (Å²) in [5.41, 5.74) is 23.7. The Morgan fingerprint density at radius 1 is 0.376 bits per heavy atom. The molecule has 0 aliphatic heterocycles. The van der Waals surface area contributed by atoms with Crippen LogP contribution in [0.5, 0.6) is 0 Å². The maximum absolute atomic E-state index is 5.46. The normalized spacial score (nSPS) is 13.4. The fraction of sp³-hybridized carbons (Fsp3) is 0.0886. The van der Waals surface area contributed by atoms with Gasteiger partial charge >= 0.3 is 0 Å². The summed E-state index contributed by atoms with van der Waals surface area (Å²) in [5, 5.41) is 5.01. The van der Waals surface area contributed by atoms with Gasteiger partial charge in [-0.1, -0.05) is 216 Å². The van der Waals surface area contributed by atoms with Crippen molar-refractivity contribution < 1.29 is 0 Å². The van der Waals surface area contributed by atoms with Crippen LogP contribution in [0.4, 0.5) is 0 Å². The average molecular weight is 1090 g/mol. The van der Waals surface area contributed by atoms with Gasteiger partial charge in [0.2, 0.25) is 0 Å². The van der Waals surface area contributed by atoms with Gasteiger partial charge in [-0.05, 0) is 135 Å². The molecule has 0 bridgehead atoms. The molecule has 0 radical (unpaired) electrons. The summed E-state index contributed by atoms with van der Waals surface area (Å²) in [7, 11) is 0. The molecule has 0 fully saturated rings. The highest BCUT2D eigenvalue weighted by molar-refractivity contribution is 6.16. The van der Waals surface area contributed by atoms with E-state index in [-0.39, 0.29) is 10.8 Å². The predicted octanol–water partition coefficient (Wildman–Crippen LogP) is 20.2. The lowest BCUT2D eigenvalue weighted by Gasteiger charge is -2.23. The number of aromatic nitrogens is 6. The maximum Gasteiger partial charge on any atom is 0.164 e. The number of nitrogens with zero attached hydrogens (tertiary/aromatic N) is 6. The summed E-state index contributed by atoms with van der Waals surface area (Å²) in [6.07, 6.45) is 9.33. The predicted molar refractivity (Wildman–Crippen MR) is 354 cm³/mol. The Hall–Kier alpha value is -10.6. The Morgan fingerprint density at radius 2 is 0.871 bits per heavy atom. The smallest absolute Gasteiger partial charge is 0.164 e. The molecular weight excluding hydrogens is 1030 g/mol. The van der Waals surface area contributed by atoms with E-state index in [4.69, 9.17) is 15.0 Å². The SMILES string of the molecule is C=C/C=C\C.CC1(C)c2ccccc2-c2ccc3c(c21)c1ccccc1n3-c1ccc(-c2nc(-c3ccccc3)nc(-c3ccccc3)n2)c(-c2cc(-c3ccncc3)ccc2-n2c3ccccc3c3c4c(ccc32)-c2ccccc2C4(C)C)c1. The van der Waals surface area contributed by atoms with Crippen molar-refractivity contribution in [1.82, 2.24) is 29.1 Å². The molecule has 0 unspecified atom stereocenters. The van der Waals surface area contributed by atoms with Crippen LogP contribution < -0.4 is 0 Å². The molecule has 6 nitrogen and oxygen atoms in total. The molecule has 406 valence electrons. The number of pyridine rings is 1. The molecule has 0 atom stereocenters. The third-order valence-corrected chi connectivity index (χ3v) is 17.8. The summed E-state index contributed by atoms with van der Waals surface area (Å²) in [6.45, 7) is 15.0. The molecule has 0 amide bonds. The van der Waals surface area contributed by atoms with Crippen LogP contribution >= 0.6 is 0 Å². The highest BCUT2D eigenvalue weighted by atomic mass is 15.0. The summed E-state index contributed by atoms with van der Waals surface area (Å²) in [5.74, 6) is 1.79. The molecule has 4 aromatic heterocycles. The second-order valence-corrected chi connectivity index (χ2v) is 23.3. The van der Waals surface area contributed by atoms with Gasteiger partial charge in [0.1, 0.15) is 0 Å². The van der Waals surface area contributed by atoms with Gasteiger partial charge in [-0.3, -0.25) is 4.98 Å². The molecule has 85 heavy (non-hydrogen) atoms. The van der Waals surface area contributed by atoms with Gasteiger partial charge in [0.05, 0.1) is 27.8 Å². The number of fused-ring (bicyclic) bond motifs is 14. The average Bonchev–Trinajstić information content (AvgIpc) is 1.60. The first kappa shape index (κ1) is 51.3. The molecule has 2 aliphatic rings. The van der Waals surface area contributed by atoms with Gasteiger partial charge in [0, 0.05) is 72.7 Å². The standard InChI is InChI=1S/C74H52N6.C5H8/c1-73(2)59-27-15-11-23-50(59)52-34-37-64-66(68(52)73)55-25-13-17-29-61(55)79(64)49-32-33-54(72-77-70(46-19-7-5-8-20-46)76-71(78-72)47-21-9-6-10-22-47)57(44-49)58-43-48(45-39-41-75-42-40-45)31-36-63(58)80-62-30-18-14-26-56(62)67-65(80)38-35-53-51-24-12-16-28-60(51)74(3,4)69(53)67;1-3-5-4-2/h5-44H,1-4H3;3-5H,1H2,2H3/b;5-4-. The van der Waals surface area contributed by atoms with E-state index < -0.39 is 0 Å². The molecule has 0 saturated heterocycles. The Bertz CT molecular complexity index is 4960. The number of rotatable bonds is 8. The minimum absolute atomic E-state index is 0.219. The van der Waals surface area contributed by atoms with Crippen molar-refractivity contribution in [2.45, 2.75) is 45.4 Å². The lowest BCUT2D eigenvalue weighted by Crippen LogP contribution is -2.15. The van der Waals surface area contributed by atoms with E-state index in [1.807, 2.05) is 67.9 Å². The highest BCUT2D eigenvalue weighted by Crippen LogP contribution is 2.56. The Morgan fingerprint density at radius 3 is 1.42 bits per heavy atom.